The van der Waals surface area contributed by atoms with Crippen LogP contribution in [-0.4, -0.2) is 31.4 Å². The number of aliphatic hydroxyl groups is 1. The van der Waals surface area contributed by atoms with Crippen molar-refractivity contribution in [3.05, 3.63) is 65.0 Å². The van der Waals surface area contributed by atoms with Crippen LogP contribution in [0.4, 0.5) is 0 Å². The molecule has 0 saturated carbocycles. The van der Waals surface area contributed by atoms with E-state index >= 15 is 0 Å². The lowest BCUT2D eigenvalue weighted by Crippen LogP contribution is -2.50. The molecule has 0 bridgehead atoms. The van der Waals surface area contributed by atoms with Crippen molar-refractivity contribution < 1.29 is 19.1 Å². The number of nitrogens with zero attached hydrogens (tertiary/aromatic N) is 2. The summed E-state index contributed by atoms with van der Waals surface area (Å²) in [6.45, 7) is 15.7. The first-order valence-corrected chi connectivity index (χ1v) is 14.9. The fourth-order valence-electron chi connectivity index (χ4n) is 4.36. The van der Waals surface area contributed by atoms with E-state index in [4.69, 9.17) is 14.6 Å². The molecule has 34 heavy (non-hydrogen) atoms. The van der Waals surface area contributed by atoms with E-state index in [1.807, 2.05) is 44.2 Å². The summed E-state index contributed by atoms with van der Waals surface area (Å²) >= 11 is 0. The van der Waals surface area contributed by atoms with Crippen LogP contribution in [0.1, 0.15) is 65.9 Å². The number of hydrogen-bond acceptors (Lipinski definition) is 5. The van der Waals surface area contributed by atoms with Crippen molar-refractivity contribution in [3.63, 3.8) is 0 Å². The van der Waals surface area contributed by atoms with Crippen molar-refractivity contribution >= 4 is 14.1 Å². The van der Waals surface area contributed by atoms with Gasteiger partial charge in [0.25, 0.3) is 0 Å². The molecule has 0 fully saturated rings. The second-order valence-electron chi connectivity index (χ2n) is 9.47. The van der Waals surface area contributed by atoms with Crippen LogP contribution >= 0.6 is 0 Å². The number of ether oxygens (including phenoxy) is 1. The first kappa shape index (κ1) is 29.8. The van der Waals surface area contributed by atoms with Gasteiger partial charge in [-0.15, -0.1) is 0 Å². The summed E-state index contributed by atoms with van der Waals surface area (Å²) in [6, 6.07) is 13.0. The van der Waals surface area contributed by atoms with Crippen LogP contribution in [0, 0.1) is 11.3 Å². The predicted molar refractivity (Wildman–Crippen MR) is 140 cm³/mol. The zero-order chi connectivity index (χ0) is 25.6. The molecule has 6 nitrogen and oxygen atoms in total. The molecule has 0 aliphatic carbocycles. The summed E-state index contributed by atoms with van der Waals surface area (Å²) < 4.78 is 12.6. The first-order valence-electron chi connectivity index (χ1n) is 12.4. The van der Waals surface area contributed by atoms with E-state index in [9.17, 15) is 9.90 Å². The molecular formula is C27H43N2O4Si+. The highest BCUT2D eigenvalue weighted by Gasteiger charge is 2.42. The largest absolute Gasteiger partial charge is 0.505 e. The Bertz CT molecular complexity index is 834. The molecule has 1 aromatic carbocycles. The summed E-state index contributed by atoms with van der Waals surface area (Å²) in [7, 11) is -1.94. The highest BCUT2D eigenvalue weighted by molar-refractivity contribution is 6.73. The van der Waals surface area contributed by atoms with Crippen molar-refractivity contribution in [3.8, 4) is 0 Å². The van der Waals surface area contributed by atoms with Gasteiger partial charge in [0.05, 0.1) is 18.8 Å². The van der Waals surface area contributed by atoms with Crippen LogP contribution in [-0.2, 0) is 20.6 Å². The monoisotopic (exact) mass is 487 g/mol. The fourth-order valence-corrected chi connectivity index (χ4v) is 7.55. The van der Waals surface area contributed by atoms with Crippen LogP contribution in [0.25, 0.3) is 4.98 Å². The van der Waals surface area contributed by atoms with Gasteiger partial charge in [0, 0.05) is 18.8 Å². The zero-order valence-electron chi connectivity index (χ0n) is 21.7. The lowest BCUT2D eigenvalue weighted by atomic mass is 9.81. The molecule has 0 radical (unpaired) electrons. The molecule has 0 amide bonds. The van der Waals surface area contributed by atoms with Crippen LogP contribution in [0.3, 0.4) is 0 Å². The molecule has 1 aromatic rings. The third-order valence-electron chi connectivity index (χ3n) is 6.68. The van der Waals surface area contributed by atoms with Gasteiger partial charge in [-0.05, 0) is 50.4 Å². The van der Waals surface area contributed by atoms with Gasteiger partial charge in [-0.3, -0.25) is 4.79 Å². The standard InChI is InChI=1S/C27H42N2O4Si/c1-7-34(8-2,9-3)33-27(5,6)25(26(31)18-16-24(30)19-29-28)17-15-22(4)20-32-21-23-13-11-10-12-14-23/h10-14,19,25H,4,7-9,15-18,20-21H2,1-3,5-6H3/p+1/b24-19-. The third-order valence-corrected chi connectivity index (χ3v) is 11.5. The number of carbonyl (C=O) groups excluding carboxylic acids is 1. The van der Waals surface area contributed by atoms with Gasteiger partial charge in [0.15, 0.2) is 19.1 Å². The topological polar surface area (TPSA) is 83.9 Å². The molecule has 1 unspecified atom stereocenters. The van der Waals surface area contributed by atoms with Crippen LogP contribution in [0.2, 0.25) is 18.1 Å². The van der Waals surface area contributed by atoms with Crippen molar-refractivity contribution in [1.82, 2.24) is 0 Å². The molecule has 188 valence electrons. The van der Waals surface area contributed by atoms with E-state index < -0.39 is 13.9 Å². The molecule has 7 heteroatoms. The summed E-state index contributed by atoms with van der Waals surface area (Å²) in [6.07, 6.45) is 2.51. The number of diazo groups is 1. The Morgan fingerprint density at radius 2 is 1.76 bits per heavy atom. The Hall–Kier alpha value is -2.27. The zero-order valence-corrected chi connectivity index (χ0v) is 22.7. The number of Topliss-reactive ketones (excluding diaryl/α,β-unsaturated/α-hetero) is 1. The fraction of sp³-hybridized carbons (Fsp3) is 0.593. The van der Waals surface area contributed by atoms with Crippen LogP contribution in [0.5, 0.6) is 0 Å². The maximum atomic E-state index is 13.3. The van der Waals surface area contributed by atoms with Crippen molar-refractivity contribution in [1.29, 1.82) is 5.39 Å². The highest BCUT2D eigenvalue weighted by atomic mass is 28.4. The summed E-state index contributed by atoms with van der Waals surface area (Å²) in [5.41, 5.74) is 1.42. The number of allylic oxidation sites excluding steroid dienone is 1. The number of ketones is 1. The van der Waals surface area contributed by atoms with E-state index in [2.05, 4.69) is 32.3 Å². The predicted octanol–water partition coefficient (Wildman–Crippen LogP) is 7.56. The smallest absolute Gasteiger partial charge is 0.387 e. The van der Waals surface area contributed by atoms with E-state index in [1.165, 1.54) is 0 Å². The van der Waals surface area contributed by atoms with Crippen molar-refractivity contribution in [2.45, 2.75) is 90.6 Å². The number of rotatable bonds is 17. The van der Waals surface area contributed by atoms with E-state index in [1.54, 1.807) is 0 Å². The SMILES string of the molecule is C=C(CCC(C(=O)CC/C(O)=C/[N+]#N)C(C)(C)O[Si](CC)(CC)CC)COCc1ccccc1. The van der Waals surface area contributed by atoms with Gasteiger partial charge in [0.1, 0.15) is 5.78 Å². The molecule has 0 aliphatic rings. The lowest BCUT2D eigenvalue weighted by Gasteiger charge is -2.42. The molecule has 0 aliphatic heterocycles. The minimum Gasteiger partial charge on any atom is -0.505 e. The lowest BCUT2D eigenvalue weighted by molar-refractivity contribution is -0.129. The van der Waals surface area contributed by atoms with Crippen molar-refractivity contribution in [2.75, 3.05) is 6.61 Å². The Balaban J connectivity index is 2.87. The van der Waals surface area contributed by atoms with Gasteiger partial charge >= 0.3 is 6.20 Å². The second kappa shape index (κ2) is 14.9. The Kier molecular flexibility index (Phi) is 13.0. The van der Waals surface area contributed by atoms with Gasteiger partial charge < -0.3 is 14.3 Å². The average Bonchev–Trinajstić information content (AvgIpc) is 2.82. The second-order valence-corrected chi connectivity index (χ2v) is 14.2. The van der Waals surface area contributed by atoms with Gasteiger partial charge in [-0.1, -0.05) is 63.3 Å². The van der Waals surface area contributed by atoms with E-state index in [-0.39, 0.29) is 30.3 Å². The van der Waals surface area contributed by atoms with E-state index in [0.29, 0.717) is 26.1 Å². The number of hydrogen-bond donors (Lipinski definition) is 1. The summed E-state index contributed by atoms with van der Waals surface area (Å²) in [4.78, 5) is 16.1. The molecule has 1 atom stereocenters. The Morgan fingerprint density at radius 3 is 2.32 bits per heavy atom. The molecule has 0 saturated heterocycles. The molecule has 1 rings (SSSR count). The molecular weight excluding hydrogens is 444 g/mol. The molecule has 0 heterocycles. The minimum atomic E-state index is -1.94. The number of carbonyl (C=O) groups is 1. The quantitative estimate of drug-likeness (QED) is 0.106. The van der Waals surface area contributed by atoms with Crippen LogP contribution < -0.4 is 0 Å². The van der Waals surface area contributed by atoms with Gasteiger partial charge in [-0.2, -0.15) is 0 Å². The summed E-state index contributed by atoms with van der Waals surface area (Å²) in [5.74, 6) is -0.424. The van der Waals surface area contributed by atoms with Crippen LogP contribution in [0.15, 0.2) is 54.4 Å². The minimum absolute atomic E-state index is 0.0344. The number of benzene rings is 1. The van der Waals surface area contributed by atoms with E-state index in [0.717, 1.165) is 35.5 Å². The maximum Gasteiger partial charge on any atom is 0.387 e. The molecule has 0 spiro atoms. The van der Waals surface area contributed by atoms with Gasteiger partial charge in [0.2, 0.25) is 5.39 Å². The Labute approximate surface area is 206 Å². The average molecular weight is 488 g/mol. The van der Waals surface area contributed by atoms with Crippen molar-refractivity contribution in [2.24, 2.45) is 5.92 Å². The normalized spacial score (nSPS) is 13.4. The third kappa shape index (κ3) is 9.92. The first-order chi connectivity index (χ1) is 16.1. The highest BCUT2D eigenvalue weighted by Crippen LogP contribution is 2.36. The number of aliphatic hydroxyl groups excluding tert-OH is 1. The summed E-state index contributed by atoms with van der Waals surface area (Å²) in [5, 5.41) is 18.4. The maximum absolute atomic E-state index is 13.3. The molecule has 1 N–H and O–H groups in total. The molecule has 0 aromatic heterocycles. The van der Waals surface area contributed by atoms with Gasteiger partial charge in [-0.25, -0.2) is 0 Å². The Morgan fingerprint density at radius 1 is 1.15 bits per heavy atom.